The SMILES string of the molecule is CC(C)CCC[C@@H](C)NC(=O)COC(=O)c1n[nH]c(=O)c2ccccc12. The van der Waals surface area contributed by atoms with E-state index in [1.807, 2.05) is 6.92 Å². The summed E-state index contributed by atoms with van der Waals surface area (Å²) in [6.45, 7) is 5.87. The Morgan fingerprint density at radius 2 is 1.85 bits per heavy atom. The van der Waals surface area contributed by atoms with E-state index < -0.39 is 5.97 Å². The summed E-state index contributed by atoms with van der Waals surface area (Å²) in [7, 11) is 0. The zero-order valence-corrected chi connectivity index (χ0v) is 15.4. The van der Waals surface area contributed by atoms with Crippen molar-refractivity contribution in [2.45, 2.75) is 46.1 Å². The fraction of sp³-hybridized carbons (Fsp3) is 0.474. The smallest absolute Gasteiger partial charge is 0.359 e. The molecular formula is C19H25N3O4. The second kappa shape index (κ2) is 9.12. The van der Waals surface area contributed by atoms with Crippen LogP contribution in [0, 0.1) is 5.92 Å². The molecule has 7 heteroatoms. The predicted molar refractivity (Wildman–Crippen MR) is 98.9 cm³/mol. The van der Waals surface area contributed by atoms with E-state index in [-0.39, 0.29) is 29.8 Å². The number of rotatable bonds is 8. The number of esters is 1. The van der Waals surface area contributed by atoms with Gasteiger partial charge in [-0.1, -0.05) is 44.9 Å². The van der Waals surface area contributed by atoms with Gasteiger partial charge in [-0.2, -0.15) is 5.10 Å². The molecule has 7 nitrogen and oxygen atoms in total. The minimum absolute atomic E-state index is 0.0158. The third kappa shape index (κ3) is 5.40. The normalized spacial score (nSPS) is 12.2. The van der Waals surface area contributed by atoms with E-state index in [1.165, 1.54) is 0 Å². The maximum Gasteiger partial charge on any atom is 0.359 e. The summed E-state index contributed by atoms with van der Waals surface area (Å²) in [6, 6.07) is 6.63. The van der Waals surface area contributed by atoms with Crippen molar-refractivity contribution in [2.24, 2.45) is 5.92 Å². The quantitative estimate of drug-likeness (QED) is 0.705. The molecular weight excluding hydrogens is 334 g/mol. The molecule has 0 aliphatic rings. The lowest BCUT2D eigenvalue weighted by molar-refractivity contribution is -0.124. The van der Waals surface area contributed by atoms with Crippen molar-refractivity contribution in [3.05, 3.63) is 40.3 Å². The van der Waals surface area contributed by atoms with Gasteiger partial charge in [0.1, 0.15) is 0 Å². The summed E-state index contributed by atoms with van der Waals surface area (Å²) in [5.41, 5.74) is -0.400. The molecule has 2 N–H and O–H groups in total. The predicted octanol–water partition coefficient (Wildman–Crippen LogP) is 2.41. The number of carbonyl (C=O) groups is 2. The van der Waals surface area contributed by atoms with Gasteiger partial charge in [0.25, 0.3) is 11.5 Å². The molecule has 0 saturated carbocycles. The number of fused-ring (bicyclic) bond motifs is 1. The summed E-state index contributed by atoms with van der Waals surface area (Å²) in [6.07, 6.45) is 3.02. The zero-order valence-electron chi connectivity index (χ0n) is 15.4. The van der Waals surface area contributed by atoms with E-state index in [2.05, 4.69) is 29.4 Å². The van der Waals surface area contributed by atoms with Gasteiger partial charge in [-0.3, -0.25) is 9.59 Å². The number of ether oxygens (including phenoxy) is 1. The summed E-state index contributed by atoms with van der Waals surface area (Å²) in [5.74, 6) is -0.470. The van der Waals surface area contributed by atoms with Gasteiger partial charge < -0.3 is 10.1 Å². The molecule has 0 radical (unpaired) electrons. The van der Waals surface area contributed by atoms with Crippen molar-refractivity contribution in [1.29, 1.82) is 0 Å². The van der Waals surface area contributed by atoms with Gasteiger partial charge in [-0.25, -0.2) is 9.89 Å². The van der Waals surface area contributed by atoms with Gasteiger partial charge in [-0.15, -0.1) is 0 Å². The van der Waals surface area contributed by atoms with Crippen LogP contribution in [-0.2, 0) is 9.53 Å². The average Bonchev–Trinajstić information content (AvgIpc) is 2.60. The number of hydrogen-bond acceptors (Lipinski definition) is 5. The van der Waals surface area contributed by atoms with Crippen molar-refractivity contribution in [3.8, 4) is 0 Å². The lowest BCUT2D eigenvalue weighted by atomic mass is 10.0. The molecule has 2 rings (SSSR count). The Labute approximate surface area is 152 Å². The van der Waals surface area contributed by atoms with Crippen LogP contribution in [0.5, 0.6) is 0 Å². The largest absolute Gasteiger partial charge is 0.451 e. The molecule has 1 aromatic carbocycles. The molecule has 1 aromatic heterocycles. The number of aromatic amines is 1. The number of carbonyl (C=O) groups excluding carboxylic acids is 2. The second-order valence-corrected chi connectivity index (χ2v) is 6.82. The topological polar surface area (TPSA) is 101 Å². The number of benzene rings is 1. The summed E-state index contributed by atoms with van der Waals surface area (Å²) < 4.78 is 5.05. The molecule has 0 saturated heterocycles. The highest BCUT2D eigenvalue weighted by molar-refractivity contribution is 6.02. The minimum atomic E-state index is -0.750. The number of hydrogen-bond donors (Lipinski definition) is 2. The van der Waals surface area contributed by atoms with E-state index in [0.717, 1.165) is 19.3 Å². The zero-order chi connectivity index (χ0) is 19.1. The van der Waals surface area contributed by atoms with Gasteiger partial charge in [0, 0.05) is 11.4 Å². The van der Waals surface area contributed by atoms with Crippen LogP contribution in [0.15, 0.2) is 29.1 Å². The summed E-state index contributed by atoms with van der Waals surface area (Å²) in [4.78, 5) is 35.9. The third-order valence-corrected chi connectivity index (χ3v) is 4.05. The molecule has 0 aliphatic heterocycles. The first-order valence-electron chi connectivity index (χ1n) is 8.82. The number of aromatic nitrogens is 2. The Balaban J connectivity index is 1.90. The van der Waals surface area contributed by atoms with Crippen LogP contribution in [0.25, 0.3) is 10.8 Å². The Morgan fingerprint density at radius 1 is 1.15 bits per heavy atom. The van der Waals surface area contributed by atoms with Crippen LogP contribution in [0.1, 0.15) is 50.5 Å². The molecule has 1 amide bonds. The van der Waals surface area contributed by atoms with E-state index in [9.17, 15) is 14.4 Å². The number of nitrogens with zero attached hydrogens (tertiary/aromatic N) is 1. The molecule has 0 unspecified atom stereocenters. The highest BCUT2D eigenvalue weighted by Gasteiger charge is 2.17. The third-order valence-electron chi connectivity index (χ3n) is 4.05. The van der Waals surface area contributed by atoms with Gasteiger partial charge in [-0.05, 0) is 25.3 Å². The van der Waals surface area contributed by atoms with Gasteiger partial charge in [0.15, 0.2) is 12.3 Å². The second-order valence-electron chi connectivity index (χ2n) is 6.82. The van der Waals surface area contributed by atoms with Crippen molar-refractivity contribution in [2.75, 3.05) is 6.61 Å². The van der Waals surface area contributed by atoms with Crippen LogP contribution in [0.2, 0.25) is 0 Å². The standard InChI is InChI=1S/C19H25N3O4/c1-12(2)7-6-8-13(3)20-16(23)11-26-19(25)17-14-9-4-5-10-15(14)18(24)22-21-17/h4-5,9-10,12-13H,6-8,11H2,1-3H3,(H,20,23)(H,22,24)/t13-/m1/s1. The molecule has 26 heavy (non-hydrogen) atoms. The highest BCUT2D eigenvalue weighted by atomic mass is 16.5. The number of H-pyrrole nitrogens is 1. The first-order valence-corrected chi connectivity index (χ1v) is 8.82. The maximum atomic E-state index is 12.2. The van der Waals surface area contributed by atoms with Crippen LogP contribution >= 0.6 is 0 Å². The molecule has 140 valence electrons. The van der Waals surface area contributed by atoms with Crippen LogP contribution < -0.4 is 10.9 Å². The fourth-order valence-electron chi connectivity index (χ4n) is 2.69. The number of nitrogens with one attached hydrogen (secondary N) is 2. The fourth-order valence-corrected chi connectivity index (χ4v) is 2.69. The Morgan fingerprint density at radius 3 is 2.54 bits per heavy atom. The molecule has 0 spiro atoms. The Bertz CT molecular complexity index is 829. The monoisotopic (exact) mass is 359 g/mol. The molecule has 1 heterocycles. The van der Waals surface area contributed by atoms with E-state index in [0.29, 0.717) is 16.7 Å². The molecule has 1 atom stereocenters. The van der Waals surface area contributed by atoms with E-state index in [4.69, 9.17) is 4.74 Å². The first kappa shape index (κ1) is 19.6. The molecule has 0 bridgehead atoms. The van der Waals surface area contributed by atoms with Crippen LogP contribution in [0.4, 0.5) is 0 Å². The van der Waals surface area contributed by atoms with E-state index in [1.54, 1.807) is 24.3 Å². The lowest BCUT2D eigenvalue weighted by Gasteiger charge is -2.14. The maximum absolute atomic E-state index is 12.2. The summed E-state index contributed by atoms with van der Waals surface area (Å²) >= 11 is 0. The van der Waals surface area contributed by atoms with Crippen molar-refractivity contribution in [3.63, 3.8) is 0 Å². The Kier molecular flexibility index (Phi) is 6.89. The van der Waals surface area contributed by atoms with Crippen molar-refractivity contribution >= 4 is 22.6 Å². The van der Waals surface area contributed by atoms with E-state index >= 15 is 0 Å². The molecule has 0 aliphatic carbocycles. The average molecular weight is 359 g/mol. The van der Waals surface area contributed by atoms with Crippen LogP contribution in [-0.4, -0.2) is 34.7 Å². The molecule has 0 fully saturated rings. The van der Waals surface area contributed by atoms with Gasteiger partial charge in [0.2, 0.25) is 0 Å². The minimum Gasteiger partial charge on any atom is -0.451 e. The van der Waals surface area contributed by atoms with Crippen molar-refractivity contribution in [1.82, 2.24) is 15.5 Å². The van der Waals surface area contributed by atoms with Gasteiger partial charge >= 0.3 is 5.97 Å². The lowest BCUT2D eigenvalue weighted by Crippen LogP contribution is -2.36. The number of amides is 1. The Hall–Kier alpha value is -2.70. The highest BCUT2D eigenvalue weighted by Crippen LogP contribution is 2.13. The summed E-state index contributed by atoms with van der Waals surface area (Å²) in [5, 5.41) is 9.58. The molecule has 2 aromatic rings. The van der Waals surface area contributed by atoms with Crippen LogP contribution in [0.3, 0.4) is 0 Å². The van der Waals surface area contributed by atoms with Crippen molar-refractivity contribution < 1.29 is 14.3 Å². The first-order chi connectivity index (χ1) is 12.4. The van der Waals surface area contributed by atoms with Gasteiger partial charge in [0.05, 0.1) is 5.39 Å².